The summed E-state index contributed by atoms with van der Waals surface area (Å²) in [5, 5.41) is 0. The van der Waals surface area contributed by atoms with Gasteiger partial charge in [-0.15, -0.1) is 0 Å². The normalized spacial score (nSPS) is 10.9. The molecule has 0 spiro atoms. The molecule has 1 aromatic carbocycles. The molecule has 90 valence electrons. The maximum Gasteiger partial charge on any atom is 0.327 e. The van der Waals surface area contributed by atoms with E-state index in [1.807, 2.05) is 30.3 Å². The molecule has 0 aliphatic heterocycles. The van der Waals surface area contributed by atoms with Crippen molar-refractivity contribution < 1.29 is 0 Å². The number of H-pyrrole nitrogens is 2. The summed E-state index contributed by atoms with van der Waals surface area (Å²) in [5.41, 5.74) is 2.21. The summed E-state index contributed by atoms with van der Waals surface area (Å²) < 4.78 is 1.98. The van der Waals surface area contributed by atoms with Crippen molar-refractivity contribution in [3.63, 3.8) is 0 Å². The smallest absolute Gasteiger partial charge is 0.315 e. The van der Waals surface area contributed by atoms with Crippen LogP contribution in [0.2, 0.25) is 0 Å². The van der Waals surface area contributed by atoms with E-state index in [0.717, 1.165) is 5.56 Å². The first-order chi connectivity index (χ1) is 8.74. The van der Waals surface area contributed by atoms with Crippen LogP contribution in [-0.2, 0) is 6.54 Å². The van der Waals surface area contributed by atoms with Crippen LogP contribution in [-0.4, -0.2) is 19.5 Å². The Hall–Kier alpha value is -2.21. The molecule has 0 fully saturated rings. The average Bonchev–Trinajstić information content (AvgIpc) is 2.67. The van der Waals surface area contributed by atoms with Crippen LogP contribution in [0.3, 0.4) is 0 Å². The number of imidazole rings is 1. The van der Waals surface area contributed by atoms with E-state index in [4.69, 9.17) is 12.2 Å². The van der Waals surface area contributed by atoms with Crippen molar-refractivity contribution in [1.82, 2.24) is 19.5 Å². The van der Waals surface area contributed by atoms with Gasteiger partial charge < -0.3 is 9.97 Å². The van der Waals surface area contributed by atoms with E-state index in [0.29, 0.717) is 22.5 Å². The molecule has 0 saturated carbocycles. The number of nitrogens with zero attached hydrogens (tertiary/aromatic N) is 2. The summed E-state index contributed by atoms with van der Waals surface area (Å²) in [5.74, 6) is 0. The number of hydrogen-bond acceptors (Lipinski definition) is 3. The Balaban J connectivity index is 2.17. The fraction of sp³-hybridized carbons (Fsp3) is 0.0833. The zero-order valence-corrected chi connectivity index (χ0v) is 10.2. The van der Waals surface area contributed by atoms with Crippen LogP contribution in [0.25, 0.3) is 11.2 Å². The van der Waals surface area contributed by atoms with Gasteiger partial charge in [-0.05, 0) is 17.8 Å². The molecule has 6 heteroatoms. The average molecular weight is 258 g/mol. The quantitative estimate of drug-likeness (QED) is 0.689. The van der Waals surface area contributed by atoms with Crippen LogP contribution in [0.1, 0.15) is 5.56 Å². The monoisotopic (exact) mass is 258 g/mol. The molecule has 0 aliphatic rings. The third kappa shape index (κ3) is 1.86. The topological polar surface area (TPSA) is 66.5 Å². The van der Waals surface area contributed by atoms with Crippen molar-refractivity contribution in [2.75, 3.05) is 0 Å². The van der Waals surface area contributed by atoms with E-state index in [2.05, 4.69) is 15.0 Å². The van der Waals surface area contributed by atoms with Crippen LogP contribution in [0.15, 0.2) is 41.3 Å². The van der Waals surface area contributed by atoms with Gasteiger partial charge in [-0.1, -0.05) is 30.3 Å². The van der Waals surface area contributed by atoms with Gasteiger partial charge in [-0.25, -0.2) is 9.78 Å². The first-order valence-corrected chi connectivity index (χ1v) is 5.86. The van der Waals surface area contributed by atoms with Crippen LogP contribution in [0, 0.1) is 4.77 Å². The zero-order valence-electron chi connectivity index (χ0n) is 9.38. The van der Waals surface area contributed by atoms with Crippen molar-refractivity contribution in [2.24, 2.45) is 0 Å². The minimum atomic E-state index is -0.174. The molecular formula is C12H10N4OS. The van der Waals surface area contributed by atoms with Gasteiger partial charge in [0.05, 0.1) is 12.7 Å². The summed E-state index contributed by atoms with van der Waals surface area (Å²) >= 11 is 4.98. The molecular weight excluding hydrogens is 248 g/mol. The number of fused-ring (bicyclic) bond motifs is 1. The highest BCUT2D eigenvalue weighted by atomic mass is 32.1. The largest absolute Gasteiger partial charge is 0.327 e. The maximum atomic E-state index is 11.9. The molecule has 0 radical (unpaired) electrons. The molecule has 0 unspecified atom stereocenters. The van der Waals surface area contributed by atoms with Crippen molar-refractivity contribution in [2.45, 2.75) is 6.54 Å². The number of hydrogen-bond donors (Lipinski definition) is 2. The Labute approximate surface area is 107 Å². The number of aromatic amines is 2. The van der Waals surface area contributed by atoms with Gasteiger partial charge in [0.15, 0.2) is 4.77 Å². The second-order valence-corrected chi connectivity index (χ2v) is 4.34. The molecule has 2 N–H and O–H groups in total. The number of benzene rings is 1. The molecule has 3 rings (SSSR count). The molecule has 0 aliphatic carbocycles. The molecule has 0 amide bonds. The standard InChI is InChI=1S/C12H10N4OS/c17-12-14-9-6-13-11(18)15-10(9)16(12)7-8-4-2-1-3-5-8/h1-6H,7H2,(H,14,17)(H,13,15,18). The molecule has 0 saturated heterocycles. The number of aromatic nitrogens is 4. The fourth-order valence-electron chi connectivity index (χ4n) is 1.89. The van der Waals surface area contributed by atoms with E-state index < -0.39 is 0 Å². The Morgan fingerprint density at radius 2 is 2.00 bits per heavy atom. The van der Waals surface area contributed by atoms with E-state index in [1.54, 1.807) is 10.8 Å². The SMILES string of the molecule is O=c1[nH]c2cnc(=S)[nH]c2n1Cc1ccccc1. The van der Waals surface area contributed by atoms with Crippen molar-refractivity contribution >= 4 is 23.4 Å². The Morgan fingerprint density at radius 3 is 2.78 bits per heavy atom. The van der Waals surface area contributed by atoms with E-state index in [1.165, 1.54) is 0 Å². The second-order valence-electron chi connectivity index (χ2n) is 3.95. The predicted molar refractivity (Wildman–Crippen MR) is 71.1 cm³/mol. The van der Waals surface area contributed by atoms with Gasteiger partial charge in [-0.3, -0.25) is 4.57 Å². The first kappa shape index (κ1) is 10.9. The summed E-state index contributed by atoms with van der Waals surface area (Å²) in [7, 11) is 0. The molecule has 5 nitrogen and oxygen atoms in total. The lowest BCUT2D eigenvalue weighted by Crippen LogP contribution is -2.17. The highest BCUT2D eigenvalue weighted by Gasteiger charge is 2.07. The van der Waals surface area contributed by atoms with Crippen molar-refractivity contribution in [3.8, 4) is 0 Å². The molecule has 18 heavy (non-hydrogen) atoms. The minimum Gasteiger partial charge on any atom is -0.315 e. The first-order valence-electron chi connectivity index (χ1n) is 5.46. The van der Waals surface area contributed by atoms with E-state index in [-0.39, 0.29) is 5.69 Å². The molecule has 2 heterocycles. The van der Waals surface area contributed by atoms with Gasteiger partial charge >= 0.3 is 5.69 Å². The third-order valence-corrected chi connectivity index (χ3v) is 2.94. The highest BCUT2D eigenvalue weighted by Crippen LogP contribution is 2.08. The number of rotatable bonds is 2. The molecule has 2 aromatic heterocycles. The molecule has 0 bridgehead atoms. The Morgan fingerprint density at radius 1 is 1.22 bits per heavy atom. The van der Waals surface area contributed by atoms with Crippen molar-refractivity contribution in [1.29, 1.82) is 0 Å². The summed E-state index contributed by atoms with van der Waals surface area (Å²) in [6, 6.07) is 9.78. The van der Waals surface area contributed by atoms with Gasteiger partial charge in [0.25, 0.3) is 0 Å². The zero-order chi connectivity index (χ0) is 12.5. The lowest BCUT2D eigenvalue weighted by molar-refractivity contribution is 0.777. The van der Waals surface area contributed by atoms with Crippen LogP contribution in [0.5, 0.6) is 0 Å². The van der Waals surface area contributed by atoms with Crippen molar-refractivity contribution in [3.05, 3.63) is 57.3 Å². The minimum absolute atomic E-state index is 0.174. The highest BCUT2D eigenvalue weighted by molar-refractivity contribution is 7.71. The van der Waals surface area contributed by atoms with Gasteiger partial charge in [-0.2, -0.15) is 0 Å². The number of nitrogens with one attached hydrogen (secondary N) is 2. The van der Waals surface area contributed by atoms with E-state index >= 15 is 0 Å². The van der Waals surface area contributed by atoms with Crippen LogP contribution in [0.4, 0.5) is 0 Å². The van der Waals surface area contributed by atoms with Gasteiger partial charge in [0, 0.05) is 0 Å². The van der Waals surface area contributed by atoms with Crippen LogP contribution < -0.4 is 5.69 Å². The third-order valence-electron chi connectivity index (χ3n) is 2.73. The lowest BCUT2D eigenvalue weighted by atomic mass is 10.2. The molecule has 0 atom stereocenters. The summed E-state index contributed by atoms with van der Waals surface area (Å²) in [6.07, 6.45) is 1.57. The Kier molecular flexibility index (Phi) is 2.56. The van der Waals surface area contributed by atoms with Gasteiger partial charge in [0.2, 0.25) is 0 Å². The maximum absolute atomic E-state index is 11.9. The summed E-state index contributed by atoms with van der Waals surface area (Å²) in [4.78, 5) is 21.5. The molecule has 3 aromatic rings. The second kappa shape index (κ2) is 4.23. The van der Waals surface area contributed by atoms with Crippen LogP contribution >= 0.6 is 12.2 Å². The lowest BCUT2D eigenvalue weighted by Gasteiger charge is -2.02. The Bertz CT molecular complexity index is 800. The predicted octanol–water partition coefficient (Wildman–Crippen LogP) is 1.83. The van der Waals surface area contributed by atoms with Gasteiger partial charge in [0.1, 0.15) is 11.2 Å². The fourth-order valence-corrected chi connectivity index (χ4v) is 2.04. The summed E-state index contributed by atoms with van der Waals surface area (Å²) in [6.45, 7) is 0.495. The van der Waals surface area contributed by atoms with E-state index in [9.17, 15) is 4.79 Å².